The van der Waals surface area contributed by atoms with E-state index in [1.807, 2.05) is 42.5 Å². The molecule has 1 amide bonds. The van der Waals surface area contributed by atoms with Crippen LogP contribution in [0.15, 0.2) is 42.5 Å². The molecular formula is C17H18N2O3. The predicted octanol–water partition coefficient (Wildman–Crippen LogP) is 3.01. The highest BCUT2D eigenvalue weighted by molar-refractivity contribution is 5.96. The van der Waals surface area contributed by atoms with Crippen molar-refractivity contribution in [1.82, 2.24) is 4.90 Å². The molecule has 0 unspecified atom stereocenters. The van der Waals surface area contributed by atoms with E-state index in [0.29, 0.717) is 13.1 Å². The monoisotopic (exact) mass is 298 g/mol. The summed E-state index contributed by atoms with van der Waals surface area (Å²) in [6.45, 7) is 3.02. The highest BCUT2D eigenvalue weighted by Crippen LogP contribution is 2.23. The minimum atomic E-state index is -0.601. The van der Waals surface area contributed by atoms with Crippen molar-refractivity contribution < 1.29 is 14.3 Å². The number of hydrogen-bond acceptors (Lipinski definition) is 4. The van der Waals surface area contributed by atoms with Crippen LogP contribution in [0.4, 0.5) is 10.5 Å². The summed E-state index contributed by atoms with van der Waals surface area (Å²) in [5.74, 6) is -0.565. The van der Waals surface area contributed by atoms with E-state index in [0.717, 1.165) is 22.9 Å². The van der Waals surface area contributed by atoms with E-state index in [1.165, 1.54) is 4.90 Å². The second-order valence-corrected chi connectivity index (χ2v) is 5.42. The van der Waals surface area contributed by atoms with E-state index >= 15 is 0 Å². The number of nitrogens with one attached hydrogen (secondary N) is 1. The van der Waals surface area contributed by atoms with E-state index in [1.54, 1.807) is 6.92 Å². The number of amides is 1. The zero-order chi connectivity index (χ0) is 15.5. The lowest BCUT2D eigenvalue weighted by Crippen LogP contribution is -2.44. The molecular weight excluding hydrogens is 280 g/mol. The summed E-state index contributed by atoms with van der Waals surface area (Å²) in [6, 6.07) is 13.2. The summed E-state index contributed by atoms with van der Waals surface area (Å²) < 4.78 is 4.89. The number of hydrogen-bond donors (Lipinski definition) is 1. The van der Waals surface area contributed by atoms with Crippen molar-refractivity contribution in [3.63, 3.8) is 0 Å². The third-order valence-corrected chi connectivity index (χ3v) is 3.82. The molecule has 0 spiro atoms. The fourth-order valence-electron chi connectivity index (χ4n) is 2.38. The van der Waals surface area contributed by atoms with E-state index in [2.05, 4.69) is 5.32 Å². The summed E-state index contributed by atoms with van der Waals surface area (Å²) in [5, 5.41) is 5.23. The van der Waals surface area contributed by atoms with Crippen LogP contribution in [0.5, 0.6) is 0 Å². The minimum absolute atomic E-state index is 0.553. The van der Waals surface area contributed by atoms with Crippen molar-refractivity contribution in [3.05, 3.63) is 42.5 Å². The third kappa shape index (κ3) is 2.88. The van der Waals surface area contributed by atoms with Gasteiger partial charge in [-0.05, 0) is 24.8 Å². The van der Waals surface area contributed by atoms with Gasteiger partial charge < -0.3 is 15.0 Å². The number of fused-ring (bicyclic) bond motifs is 1. The van der Waals surface area contributed by atoms with Crippen molar-refractivity contribution in [2.24, 2.45) is 0 Å². The van der Waals surface area contributed by atoms with Gasteiger partial charge in [0.2, 0.25) is 0 Å². The Hall–Kier alpha value is -2.56. The third-order valence-electron chi connectivity index (χ3n) is 3.82. The second kappa shape index (κ2) is 6.05. The number of carbonyl (C=O) groups is 2. The zero-order valence-electron chi connectivity index (χ0n) is 12.4. The molecule has 1 fully saturated rings. The van der Waals surface area contributed by atoms with Gasteiger partial charge >= 0.3 is 12.1 Å². The minimum Gasteiger partial charge on any atom is -0.375 e. The van der Waals surface area contributed by atoms with Gasteiger partial charge in [0.1, 0.15) is 6.04 Å². The Kier molecular flexibility index (Phi) is 3.96. The number of anilines is 1. The van der Waals surface area contributed by atoms with Gasteiger partial charge in [-0.1, -0.05) is 36.4 Å². The van der Waals surface area contributed by atoms with Crippen LogP contribution in [0.3, 0.4) is 0 Å². The Morgan fingerprint density at radius 2 is 1.86 bits per heavy atom. The number of ether oxygens (including phenoxy) is 1. The first kappa shape index (κ1) is 14.4. The molecule has 1 N–H and O–H groups in total. The predicted molar refractivity (Wildman–Crippen MR) is 84.7 cm³/mol. The summed E-state index contributed by atoms with van der Waals surface area (Å²) >= 11 is 0. The molecule has 2 aromatic carbocycles. The van der Waals surface area contributed by atoms with E-state index in [9.17, 15) is 9.59 Å². The maximum Gasteiger partial charge on any atom is 0.417 e. The molecule has 0 aromatic heterocycles. The van der Waals surface area contributed by atoms with Gasteiger partial charge in [0.15, 0.2) is 0 Å². The van der Waals surface area contributed by atoms with Crippen molar-refractivity contribution in [2.45, 2.75) is 19.4 Å². The van der Waals surface area contributed by atoms with Crippen LogP contribution < -0.4 is 5.32 Å². The lowest BCUT2D eigenvalue weighted by atomic mass is 10.1. The molecule has 5 nitrogen and oxygen atoms in total. The van der Waals surface area contributed by atoms with Crippen LogP contribution in [0.25, 0.3) is 10.8 Å². The molecule has 1 aliphatic rings. The Balaban J connectivity index is 1.68. The van der Waals surface area contributed by atoms with Gasteiger partial charge in [-0.3, -0.25) is 0 Å². The first-order chi connectivity index (χ1) is 10.6. The average molecular weight is 298 g/mol. The fraction of sp³-hybridized carbons (Fsp3) is 0.294. The molecule has 2 aromatic rings. The molecule has 114 valence electrons. The number of likely N-dealkylation sites (tertiary alicyclic amines) is 1. The van der Waals surface area contributed by atoms with Gasteiger partial charge in [0.05, 0.1) is 0 Å². The summed E-state index contributed by atoms with van der Waals surface area (Å²) in [7, 11) is 0. The molecule has 5 heteroatoms. The molecule has 1 heterocycles. The number of nitrogens with zero attached hydrogens (tertiary/aromatic N) is 1. The lowest BCUT2D eigenvalue weighted by Gasteiger charge is -2.29. The Bertz CT molecular complexity index is 705. The number of carbonyl (C=O) groups excluding carboxylic acids is 2. The van der Waals surface area contributed by atoms with Crippen LogP contribution >= 0.6 is 0 Å². The lowest BCUT2D eigenvalue weighted by molar-refractivity contribution is -0.139. The standard InChI is InChI=1S/C17H18N2O3/c1-12(16(20)22-17(21)19-10-5-11-19)18-15-9-4-7-13-6-2-3-8-14(13)15/h2-4,6-9,12,18H,5,10-11H2,1H3/t12-/m0/s1. The van der Waals surface area contributed by atoms with E-state index in [-0.39, 0.29) is 0 Å². The van der Waals surface area contributed by atoms with Gasteiger partial charge in [-0.2, -0.15) is 0 Å². The van der Waals surface area contributed by atoms with E-state index < -0.39 is 18.1 Å². The molecule has 0 aliphatic carbocycles. The smallest absolute Gasteiger partial charge is 0.375 e. The molecule has 3 rings (SSSR count). The second-order valence-electron chi connectivity index (χ2n) is 5.42. The average Bonchev–Trinajstić information content (AvgIpc) is 2.45. The van der Waals surface area contributed by atoms with E-state index in [4.69, 9.17) is 4.74 Å². The van der Waals surface area contributed by atoms with Crippen LogP contribution in [-0.4, -0.2) is 36.1 Å². The molecule has 0 bridgehead atoms. The quantitative estimate of drug-likeness (QED) is 0.699. The number of esters is 1. The topological polar surface area (TPSA) is 58.6 Å². The van der Waals surface area contributed by atoms with Crippen molar-refractivity contribution in [3.8, 4) is 0 Å². The summed E-state index contributed by atoms with van der Waals surface area (Å²) in [4.78, 5) is 25.2. The van der Waals surface area contributed by atoms with Gasteiger partial charge in [-0.15, -0.1) is 0 Å². The summed E-state index contributed by atoms with van der Waals surface area (Å²) in [6.07, 6.45) is 0.412. The first-order valence-corrected chi connectivity index (χ1v) is 7.40. The highest BCUT2D eigenvalue weighted by Gasteiger charge is 2.26. The largest absolute Gasteiger partial charge is 0.417 e. The summed E-state index contributed by atoms with van der Waals surface area (Å²) in [5.41, 5.74) is 0.846. The molecule has 22 heavy (non-hydrogen) atoms. The molecule has 0 radical (unpaired) electrons. The van der Waals surface area contributed by atoms with Crippen molar-refractivity contribution in [1.29, 1.82) is 0 Å². The van der Waals surface area contributed by atoms with Gasteiger partial charge in [-0.25, -0.2) is 9.59 Å². The maximum atomic E-state index is 12.0. The Morgan fingerprint density at radius 3 is 2.59 bits per heavy atom. The van der Waals surface area contributed by atoms with Crippen molar-refractivity contribution in [2.75, 3.05) is 18.4 Å². The molecule has 1 saturated heterocycles. The Morgan fingerprint density at radius 1 is 1.14 bits per heavy atom. The Labute approximate surface area is 128 Å². The first-order valence-electron chi connectivity index (χ1n) is 7.40. The highest BCUT2D eigenvalue weighted by atomic mass is 16.6. The van der Waals surface area contributed by atoms with Crippen LogP contribution in [-0.2, 0) is 9.53 Å². The van der Waals surface area contributed by atoms with Gasteiger partial charge in [0.25, 0.3) is 0 Å². The maximum absolute atomic E-state index is 12.0. The SMILES string of the molecule is C[C@H](Nc1cccc2ccccc12)C(=O)OC(=O)N1CCC1. The van der Waals surface area contributed by atoms with Crippen molar-refractivity contribution >= 4 is 28.5 Å². The normalized spacial score (nSPS) is 15.0. The van der Waals surface area contributed by atoms with Gasteiger partial charge in [0, 0.05) is 24.2 Å². The fourth-order valence-corrected chi connectivity index (χ4v) is 2.38. The molecule has 1 aliphatic heterocycles. The molecule has 0 saturated carbocycles. The molecule has 1 atom stereocenters. The zero-order valence-corrected chi connectivity index (χ0v) is 12.4. The number of benzene rings is 2. The van der Waals surface area contributed by atoms with Crippen LogP contribution in [0.2, 0.25) is 0 Å². The van der Waals surface area contributed by atoms with Crippen LogP contribution in [0, 0.1) is 0 Å². The number of rotatable bonds is 3. The van der Waals surface area contributed by atoms with Crippen LogP contribution in [0.1, 0.15) is 13.3 Å².